The molecule has 0 unspecified atom stereocenters. The second-order valence-corrected chi connectivity index (χ2v) is 9.38. The first-order valence-corrected chi connectivity index (χ1v) is 9.05. The molecule has 10 heteroatoms. The van der Waals surface area contributed by atoms with Crippen molar-refractivity contribution in [2.75, 3.05) is 13.4 Å². The zero-order chi connectivity index (χ0) is 18.3. The molecule has 2 heterocycles. The Morgan fingerprint density at radius 1 is 1.25 bits per heavy atom. The van der Waals surface area contributed by atoms with E-state index in [1.54, 1.807) is 0 Å². The highest BCUT2D eigenvalue weighted by Crippen LogP contribution is 2.45. The van der Waals surface area contributed by atoms with E-state index in [9.17, 15) is 22.8 Å². The molecule has 2 aliphatic rings. The monoisotopic (exact) mass is 363 g/mol. The highest BCUT2D eigenvalue weighted by molar-refractivity contribution is 7.93. The molecule has 0 aromatic heterocycles. The van der Waals surface area contributed by atoms with E-state index in [-0.39, 0.29) is 18.9 Å². The van der Waals surface area contributed by atoms with E-state index in [0.717, 1.165) is 4.90 Å². The predicted octanol–water partition coefficient (Wildman–Crippen LogP) is 0.430. The van der Waals surface area contributed by atoms with Gasteiger partial charge in [-0.25, -0.2) is 18.0 Å². The lowest BCUT2D eigenvalue weighted by Gasteiger charge is -2.36. The number of β-lactam (4-membered cyclic amide) rings is 1. The van der Waals surface area contributed by atoms with Gasteiger partial charge in [0.15, 0.2) is 9.84 Å². The molecule has 0 aromatic carbocycles. The lowest BCUT2D eigenvalue weighted by molar-refractivity contribution is -0.168. The number of esters is 1. The van der Waals surface area contributed by atoms with Crippen LogP contribution in [-0.4, -0.2) is 60.9 Å². The fourth-order valence-electron chi connectivity index (χ4n) is 2.70. The molecule has 0 saturated carbocycles. The Kier molecular flexibility index (Phi) is 4.80. The second kappa shape index (κ2) is 6.23. The van der Waals surface area contributed by atoms with Gasteiger partial charge in [-0.2, -0.15) is 0 Å². The van der Waals surface area contributed by atoms with Gasteiger partial charge in [-0.1, -0.05) is 13.8 Å². The van der Waals surface area contributed by atoms with Crippen molar-refractivity contribution in [3.8, 4) is 0 Å². The Morgan fingerprint density at radius 2 is 1.88 bits per heavy atom. The number of sulfone groups is 1. The molecule has 2 fully saturated rings. The van der Waals surface area contributed by atoms with Crippen LogP contribution in [0.25, 0.3) is 0 Å². The third kappa shape index (κ3) is 2.94. The number of carbonyl (C=O) groups excluding carboxylic acids is 3. The Morgan fingerprint density at radius 3 is 2.42 bits per heavy atom. The highest BCUT2D eigenvalue weighted by atomic mass is 32.2. The van der Waals surface area contributed by atoms with Gasteiger partial charge >= 0.3 is 12.1 Å². The van der Waals surface area contributed by atoms with E-state index < -0.39 is 50.8 Å². The molecule has 0 aliphatic carbocycles. The first-order chi connectivity index (χ1) is 11.0. The Bertz CT molecular complexity index is 654. The van der Waals surface area contributed by atoms with Crippen molar-refractivity contribution in [1.29, 1.82) is 0 Å². The standard InChI is InChI=1S/C14H21NO8S/c1-8(2)6-21-13(18)23-7-22-12(17)11-14(3,4)24(19,20)10-5-9(16)15(10)11/h8,10-11H,5-7H2,1-4H3/t10-,11+/m1/s1. The average Bonchev–Trinajstić information content (AvgIpc) is 2.58. The fraction of sp³-hybridized carbons (Fsp3) is 0.786. The topological polar surface area (TPSA) is 116 Å². The van der Waals surface area contributed by atoms with Gasteiger partial charge in [-0.05, 0) is 19.8 Å². The van der Waals surface area contributed by atoms with Gasteiger partial charge < -0.3 is 19.1 Å². The molecule has 2 aliphatic heterocycles. The normalized spacial score (nSPS) is 26.5. The van der Waals surface area contributed by atoms with Gasteiger partial charge in [0.1, 0.15) is 11.4 Å². The Hall–Kier alpha value is -1.84. The van der Waals surface area contributed by atoms with Gasteiger partial charge in [0.2, 0.25) is 12.7 Å². The summed E-state index contributed by atoms with van der Waals surface area (Å²) in [5, 5.41) is -0.991. The number of rotatable bonds is 5. The summed E-state index contributed by atoms with van der Waals surface area (Å²) in [6.45, 7) is 5.88. The maximum absolute atomic E-state index is 12.4. The first kappa shape index (κ1) is 18.5. The van der Waals surface area contributed by atoms with Gasteiger partial charge in [-0.15, -0.1) is 0 Å². The van der Waals surface area contributed by atoms with Crippen molar-refractivity contribution < 1.29 is 37.0 Å². The van der Waals surface area contributed by atoms with E-state index >= 15 is 0 Å². The van der Waals surface area contributed by atoms with Crippen LogP contribution in [0.4, 0.5) is 4.79 Å². The molecule has 24 heavy (non-hydrogen) atoms. The van der Waals surface area contributed by atoms with Crippen LogP contribution in [0.3, 0.4) is 0 Å². The number of fused-ring (bicyclic) bond motifs is 1. The molecule has 0 bridgehead atoms. The smallest absolute Gasteiger partial charge is 0.434 e. The lowest BCUT2D eigenvalue weighted by Crippen LogP contribution is -2.57. The molecule has 0 aromatic rings. The molecule has 2 rings (SSSR count). The minimum Gasteiger partial charge on any atom is -0.434 e. The quantitative estimate of drug-likeness (QED) is 0.392. The molecule has 2 atom stereocenters. The van der Waals surface area contributed by atoms with Crippen molar-refractivity contribution in [1.82, 2.24) is 4.90 Å². The molecule has 0 spiro atoms. The van der Waals surface area contributed by atoms with Crippen LogP contribution in [0.2, 0.25) is 0 Å². The van der Waals surface area contributed by atoms with Crippen LogP contribution in [0.5, 0.6) is 0 Å². The van der Waals surface area contributed by atoms with E-state index in [4.69, 9.17) is 9.47 Å². The molecule has 0 N–H and O–H groups in total. The van der Waals surface area contributed by atoms with Crippen molar-refractivity contribution in [3.05, 3.63) is 0 Å². The van der Waals surface area contributed by atoms with Crippen molar-refractivity contribution >= 4 is 27.9 Å². The summed E-state index contributed by atoms with van der Waals surface area (Å²) < 4.78 is 37.4. The largest absolute Gasteiger partial charge is 0.511 e. The Balaban J connectivity index is 1.95. The zero-order valence-electron chi connectivity index (χ0n) is 14.0. The number of amides is 1. The number of hydrogen-bond acceptors (Lipinski definition) is 8. The molecule has 1 amide bonds. The van der Waals surface area contributed by atoms with Crippen LogP contribution in [0.15, 0.2) is 0 Å². The van der Waals surface area contributed by atoms with E-state index in [1.165, 1.54) is 13.8 Å². The minimum atomic E-state index is -3.68. The summed E-state index contributed by atoms with van der Waals surface area (Å²) in [4.78, 5) is 36.2. The second-order valence-electron chi connectivity index (χ2n) is 6.69. The third-order valence-electron chi connectivity index (χ3n) is 4.11. The summed E-state index contributed by atoms with van der Waals surface area (Å²) in [7, 11) is -3.68. The molecular formula is C14H21NO8S. The van der Waals surface area contributed by atoms with Crippen molar-refractivity contribution in [2.24, 2.45) is 5.92 Å². The predicted molar refractivity (Wildman–Crippen MR) is 80.3 cm³/mol. The summed E-state index contributed by atoms with van der Waals surface area (Å²) in [6.07, 6.45) is -1.12. The molecule has 0 radical (unpaired) electrons. The SMILES string of the molecule is CC(C)COC(=O)OCOC(=O)[C@@H]1N2C(=O)C[C@H]2S(=O)(=O)C1(C)C. The average molecular weight is 363 g/mol. The van der Waals surface area contributed by atoms with Gasteiger partial charge in [0, 0.05) is 0 Å². The van der Waals surface area contributed by atoms with E-state index in [2.05, 4.69) is 4.74 Å². The van der Waals surface area contributed by atoms with Crippen LogP contribution in [-0.2, 0) is 33.6 Å². The summed E-state index contributed by atoms with van der Waals surface area (Å²) >= 11 is 0. The molecule has 136 valence electrons. The summed E-state index contributed by atoms with van der Waals surface area (Å²) in [6, 6.07) is -1.26. The van der Waals surface area contributed by atoms with Crippen LogP contribution >= 0.6 is 0 Å². The van der Waals surface area contributed by atoms with Crippen LogP contribution in [0, 0.1) is 5.92 Å². The van der Waals surface area contributed by atoms with Crippen LogP contribution in [0.1, 0.15) is 34.1 Å². The first-order valence-electron chi connectivity index (χ1n) is 7.51. The molecule has 9 nitrogen and oxygen atoms in total. The minimum absolute atomic E-state index is 0.124. The fourth-order valence-corrected chi connectivity index (χ4v) is 4.82. The van der Waals surface area contributed by atoms with Gasteiger partial charge in [0.05, 0.1) is 17.8 Å². The molecular weight excluding hydrogens is 342 g/mol. The number of nitrogens with zero attached hydrogens (tertiary/aromatic N) is 1. The molecule has 2 saturated heterocycles. The summed E-state index contributed by atoms with van der Waals surface area (Å²) in [5.41, 5.74) is 0. The van der Waals surface area contributed by atoms with E-state index in [1.807, 2.05) is 13.8 Å². The lowest BCUT2D eigenvalue weighted by atomic mass is 9.98. The van der Waals surface area contributed by atoms with Crippen LogP contribution < -0.4 is 0 Å². The van der Waals surface area contributed by atoms with Crippen molar-refractivity contribution in [3.63, 3.8) is 0 Å². The van der Waals surface area contributed by atoms with Gasteiger partial charge in [-0.3, -0.25) is 4.79 Å². The number of carbonyl (C=O) groups is 3. The highest BCUT2D eigenvalue weighted by Gasteiger charge is 2.68. The third-order valence-corrected chi connectivity index (χ3v) is 6.91. The maximum atomic E-state index is 12.4. The summed E-state index contributed by atoms with van der Waals surface area (Å²) in [5.74, 6) is -1.23. The number of hydrogen-bond donors (Lipinski definition) is 0. The zero-order valence-corrected chi connectivity index (χ0v) is 14.8. The number of ether oxygens (including phenoxy) is 3. The van der Waals surface area contributed by atoms with E-state index in [0.29, 0.717) is 0 Å². The Labute approximate surface area is 140 Å². The van der Waals surface area contributed by atoms with Crippen molar-refractivity contribution in [2.45, 2.75) is 50.3 Å². The van der Waals surface area contributed by atoms with Gasteiger partial charge in [0.25, 0.3) is 0 Å². The maximum Gasteiger partial charge on any atom is 0.511 e.